The van der Waals surface area contributed by atoms with Crippen LogP contribution in [0.5, 0.6) is 0 Å². The molecule has 0 saturated carbocycles. The molecule has 0 heterocycles. The van der Waals surface area contributed by atoms with Gasteiger partial charge < -0.3 is 0 Å². The van der Waals surface area contributed by atoms with E-state index < -0.39 is 0 Å². The predicted octanol–water partition coefficient (Wildman–Crippen LogP) is -0.363. The van der Waals surface area contributed by atoms with Crippen molar-refractivity contribution in [3.05, 3.63) is 0 Å². The summed E-state index contributed by atoms with van der Waals surface area (Å²) in [5.41, 5.74) is 0. The van der Waals surface area contributed by atoms with E-state index in [0.717, 1.165) is 0 Å². The fraction of sp³-hybridized carbons (Fsp3) is 0. The molecule has 0 amide bonds. The van der Waals surface area contributed by atoms with E-state index in [1.54, 1.807) is 0 Å². The number of hydrogen-bond acceptors (Lipinski definition) is 0. The van der Waals surface area contributed by atoms with Crippen molar-refractivity contribution >= 4 is 0 Å². The normalized spacial score (nSPS) is 0. The minimum absolute atomic E-state index is 0. The standard InChI is InChI=1S/145V. The minimum Gasteiger partial charge on any atom is 0 e. The summed E-state index contributed by atoms with van der Waals surface area (Å²) in [5.74, 6) is 0. The third kappa shape index (κ3) is 1640. The van der Waals surface area contributed by atoms with Crippen molar-refractivity contribution < 1.29 is 2690 Å². The van der Waals surface area contributed by atoms with Crippen LogP contribution in [-0.4, -0.2) is 0 Å². The van der Waals surface area contributed by atoms with Crippen LogP contribution in [0.4, 0.5) is 0 Å². The molecule has 0 atom stereocenters. The van der Waals surface area contributed by atoms with Gasteiger partial charge in [0.2, 0.25) is 0 Å². The van der Waals surface area contributed by atoms with E-state index in [2.05, 4.69) is 0 Å². The van der Waals surface area contributed by atoms with Crippen molar-refractivity contribution in [1.82, 2.24) is 0 Å². The van der Waals surface area contributed by atoms with E-state index in [1.807, 2.05) is 0 Å². The zero-order valence-electron chi connectivity index (χ0n) is 64.8. The summed E-state index contributed by atoms with van der Waals surface area (Å²) in [6, 6.07) is 0. The van der Waals surface area contributed by atoms with Gasteiger partial charge in [0.1, 0.15) is 0 Å². The molecule has 0 bridgehead atoms. The summed E-state index contributed by atoms with van der Waals surface area (Å²) in [5, 5.41) is 0. The maximum absolute atomic E-state index is 0. The molecule has 0 aliphatic carbocycles. The average Bonchev–Trinajstić information content (AvgIpc) is 0. The van der Waals surface area contributed by atoms with Gasteiger partial charge in [0, 0.05) is 2690 Å². The molecule has 0 rings (SSSR count). The summed E-state index contributed by atoms with van der Waals surface area (Å²) in [6.45, 7) is 0. The first kappa shape index (κ1) is 1670. The van der Waals surface area contributed by atoms with Gasteiger partial charge in [-0.2, -0.15) is 0 Å². The second-order valence-electron chi connectivity index (χ2n) is 0. The van der Waals surface area contributed by atoms with Crippen LogP contribution in [0.25, 0.3) is 0 Å². The van der Waals surface area contributed by atoms with Crippen molar-refractivity contribution in [1.29, 1.82) is 0 Å². The molecule has 0 aromatic carbocycles. The largest absolute Gasteiger partial charge is 0 e. The quantitative estimate of drug-likeness (QED) is 0.312. The fourth-order valence-electron chi connectivity index (χ4n) is 0. The maximum Gasteiger partial charge on any atom is 0 e. The van der Waals surface area contributed by atoms with Crippen molar-refractivity contribution in [2.45, 2.75) is 0 Å². The van der Waals surface area contributed by atoms with Gasteiger partial charge in [-0.3, -0.25) is 0 Å². The summed E-state index contributed by atoms with van der Waals surface area (Å²) in [6.07, 6.45) is 0. The van der Waals surface area contributed by atoms with Gasteiger partial charge in [-0.1, -0.05) is 0 Å². The summed E-state index contributed by atoms with van der Waals surface area (Å²) >= 11 is 0. The van der Waals surface area contributed by atoms with Gasteiger partial charge >= 0.3 is 0 Å². The predicted molar refractivity (Wildman–Crippen MR) is 0 cm³/mol. The van der Waals surface area contributed by atoms with Crippen LogP contribution < -0.4 is 0 Å². The second-order valence-corrected chi connectivity index (χ2v) is 0. The molecular formula is V145. The number of rotatable bonds is 0. The Balaban J connectivity index is 0. The molecule has 0 aromatic rings. The summed E-state index contributed by atoms with van der Waals surface area (Å²) < 4.78 is 0. The van der Waals surface area contributed by atoms with Crippen molar-refractivity contribution in [2.24, 2.45) is 0 Å². The van der Waals surface area contributed by atoms with Crippen molar-refractivity contribution in [2.75, 3.05) is 0 Å². The van der Waals surface area contributed by atoms with Crippen LogP contribution in [0.3, 0.4) is 0 Å². The molecule has 0 spiro atoms. The van der Waals surface area contributed by atoms with Gasteiger partial charge in [-0.15, -0.1) is 0 Å². The molecule has 0 unspecified atom stereocenters. The van der Waals surface area contributed by atoms with E-state index in [0.29, 0.717) is 0 Å². The average molecular weight is 7390 g/mol. The Bertz CT molecular complexity index is 0. The van der Waals surface area contributed by atoms with Crippen molar-refractivity contribution in [3.63, 3.8) is 0 Å². The third-order valence-electron chi connectivity index (χ3n) is 0. The first-order valence-corrected chi connectivity index (χ1v) is 0. The zero-order chi connectivity index (χ0) is 0. The van der Waals surface area contributed by atoms with Crippen LogP contribution >= 0.6 is 0 Å². The summed E-state index contributed by atoms with van der Waals surface area (Å²) in [4.78, 5) is 0. The topological polar surface area (TPSA) is 0 Å². The van der Waals surface area contributed by atoms with E-state index in [-0.39, 0.29) is 2690 Å². The van der Waals surface area contributed by atoms with Crippen LogP contribution in [-0.2, 0) is 2690 Å². The Labute approximate surface area is 2610 Å². The van der Waals surface area contributed by atoms with Crippen LogP contribution in [0.1, 0.15) is 0 Å². The Hall–Kier alpha value is 84.7. The molecule has 0 saturated heterocycles. The first-order valence-electron chi connectivity index (χ1n) is 0. The molecule has 0 aliphatic heterocycles. The van der Waals surface area contributed by atoms with E-state index in [1.165, 1.54) is 0 Å². The van der Waals surface area contributed by atoms with E-state index >= 15 is 0 Å². The van der Waals surface area contributed by atoms with E-state index in [9.17, 15) is 0 Å². The Morgan fingerprint density at radius 1 is 0.00690 bits per heavy atom. The molecule has 725 valence electrons. The van der Waals surface area contributed by atoms with Crippen LogP contribution in [0, 0.1) is 0 Å². The number of hydrogen-bond donors (Lipinski definition) is 0. The van der Waals surface area contributed by atoms with Gasteiger partial charge in [-0.05, 0) is 0 Å². The maximum atomic E-state index is 0. The summed E-state index contributed by atoms with van der Waals surface area (Å²) in [7, 11) is 0. The Morgan fingerprint density at radius 2 is 0.00690 bits per heavy atom. The van der Waals surface area contributed by atoms with E-state index in [4.69, 9.17) is 0 Å². The van der Waals surface area contributed by atoms with Gasteiger partial charge in [0.15, 0.2) is 0 Å². The molecule has 145 heavy (non-hydrogen) atoms. The fourth-order valence-corrected chi connectivity index (χ4v) is 0. The SMILES string of the molecule is [V].[V].[V].[V].[V].[V].[V].[V].[V].[V].[V].[V].[V].[V].[V].[V].[V].[V].[V].[V].[V].[V].[V].[V].[V].[V].[V].[V].[V].[V].[V].[V].[V].[V].[V].[V].[V].[V].[V].[V].[V].[V].[V].[V].[V].[V].[V].[V].[V].[V].[V].[V].[V].[V].[V].[V].[V].[V].[V].[V].[V].[V].[V].[V].[V].[V].[V].[V].[V].[V].[V].[V].[V].[V].[V].[V].[V].[V].[V].[V].[V].[V].[V].[V].[V].[V].[V].[V].[V].[V].[V].[V].[V].[V].[V].[V].[V].[V].[V].[V].[V].[V].[V].[V].[V].[V].[V].[V].[V].[V].[V].[V].[V].[V].[V].[V].[V].[V].[V].[V].[V].[V].[V].[V].[V].[V].[V].[V].[V].[V].[V].[V].[V].[V].[V].[V].[V].[V].[V].[V].[V].[V].[V].[V].[V]. The molecular weight excluding hydrogens is 7390 g/mol. The van der Waals surface area contributed by atoms with Crippen LogP contribution in [0.2, 0.25) is 0 Å². The van der Waals surface area contributed by atoms with Gasteiger partial charge in [-0.25, -0.2) is 0 Å². The molecule has 0 aromatic heterocycles. The molecule has 0 aliphatic rings. The zero-order valence-corrected chi connectivity index (χ0v) is 267. The monoisotopic (exact) mass is 7390 g/mol. The first-order chi connectivity index (χ1) is 0. The molecule has 145 radical (unpaired) electrons. The van der Waals surface area contributed by atoms with Crippen LogP contribution in [0.15, 0.2) is 0 Å². The van der Waals surface area contributed by atoms with Crippen molar-refractivity contribution in [3.8, 4) is 0 Å². The molecule has 0 fully saturated rings. The van der Waals surface area contributed by atoms with Gasteiger partial charge in [0.25, 0.3) is 0 Å². The Kier molecular flexibility index (Phi) is 19100. The Morgan fingerprint density at radius 3 is 0.00690 bits per heavy atom. The molecule has 0 N–H and O–H groups in total. The smallest absolute Gasteiger partial charge is 0 e. The second kappa shape index (κ2) is 1650. The minimum atomic E-state index is 0. The molecule has 145 heteroatoms. The van der Waals surface area contributed by atoms with Gasteiger partial charge in [0.05, 0.1) is 0 Å². The third-order valence-corrected chi connectivity index (χ3v) is 0. The molecule has 0 nitrogen and oxygen atoms in total.